The van der Waals surface area contributed by atoms with E-state index in [1.165, 1.54) is 0 Å². The largest absolute Gasteiger partial charge is 0.481 e. The van der Waals surface area contributed by atoms with E-state index in [4.69, 9.17) is 5.11 Å². The van der Waals surface area contributed by atoms with E-state index in [2.05, 4.69) is 0 Å². The van der Waals surface area contributed by atoms with Crippen LogP contribution in [0.2, 0.25) is 0 Å². The van der Waals surface area contributed by atoms with E-state index in [9.17, 15) is 4.79 Å². The Balaban J connectivity index is 0.00000144. The van der Waals surface area contributed by atoms with Gasteiger partial charge in [-0.2, -0.15) is 0 Å². The summed E-state index contributed by atoms with van der Waals surface area (Å²) in [6, 6.07) is 9.31. The molecule has 74 valence electrons. The zero-order chi connectivity index (χ0) is 8.97. The standard InChI is InChI=1S/C10H12O2.Ni/c1-2-9(10(11)12)8-6-4-3-5-7-8;/h3-7,9H,2H2,1H3,(H,11,12);. The normalized spacial score (nSPS) is 11.5. The molecule has 1 aromatic rings. The second-order valence-corrected chi connectivity index (χ2v) is 2.71. The van der Waals surface area contributed by atoms with Crippen molar-refractivity contribution in [2.75, 3.05) is 0 Å². The molecular weight excluding hydrogens is 211 g/mol. The molecule has 0 aromatic heterocycles. The van der Waals surface area contributed by atoms with Crippen molar-refractivity contribution in [1.82, 2.24) is 0 Å². The van der Waals surface area contributed by atoms with Crippen LogP contribution in [0.25, 0.3) is 0 Å². The average Bonchev–Trinajstić information content (AvgIpc) is 2.07. The first-order valence-corrected chi connectivity index (χ1v) is 4.03. The monoisotopic (exact) mass is 222 g/mol. The number of carboxylic acid groups (broad SMARTS) is 1. The Morgan fingerprint density at radius 3 is 2.31 bits per heavy atom. The fraction of sp³-hybridized carbons (Fsp3) is 0.300. The first-order chi connectivity index (χ1) is 5.75. The Bertz CT molecular complexity index is 259. The van der Waals surface area contributed by atoms with E-state index >= 15 is 0 Å². The zero-order valence-electron chi connectivity index (χ0n) is 7.34. The molecule has 0 radical (unpaired) electrons. The first-order valence-electron chi connectivity index (χ1n) is 4.03. The summed E-state index contributed by atoms with van der Waals surface area (Å²) in [6.07, 6.45) is 0.638. The third kappa shape index (κ3) is 3.19. The molecular formula is C10H12NiO2. The fourth-order valence-corrected chi connectivity index (χ4v) is 1.24. The summed E-state index contributed by atoms with van der Waals surface area (Å²) in [6.45, 7) is 1.88. The molecule has 0 bridgehead atoms. The van der Waals surface area contributed by atoms with Crippen molar-refractivity contribution in [3.05, 3.63) is 35.9 Å². The van der Waals surface area contributed by atoms with Gasteiger partial charge in [-0.1, -0.05) is 37.3 Å². The number of hydrogen-bond acceptors (Lipinski definition) is 1. The second-order valence-electron chi connectivity index (χ2n) is 2.71. The number of hydrogen-bond donors (Lipinski definition) is 1. The van der Waals surface area contributed by atoms with Crippen molar-refractivity contribution in [3.63, 3.8) is 0 Å². The minimum atomic E-state index is -0.747. The molecule has 0 aliphatic carbocycles. The summed E-state index contributed by atoms with van der Waals surface area (Å²) in [4.78, 5) is 10.7. The summed E-state index contributed by atoms with van der Waals surface area (Å²) in [5, 5.41) is 8.83. The molecule has 1 N–H and O–H groups in total. The Hall–Kier alpha value is -0.816. The molecule has 0 fully saturated rings. The van der Waals surface area contributed by atoms with Gasteiger partial charge in [0, 0.05) is 16.5 Å². The van der Waals surface area contributed by atoms with E-state index in [1.807, 2.05) is 37.3 Å². The van der Waals surface area contributed by atoms with Crippen LogP contribution >= 0.6 is 0 Å². The maximum absolute atomic E-state index is 10.7. The van der Waals surface area contributed by atoms with E-state index in [1.54, 1.807) is 0 Å². The summed E-state index contributed by atoms with van der Waals surface area (Å²) in [7, 11) is 0. The van der Waals surface area contributed by atoms with E-state index in [0.717, 1.165) is 5.56 Å². The molecule has 0 saturated heterocycles. The number of rotatable bonds is 3. The van der Waals surface area contributed by atoms with Gasteiger partial charge in [-0.05, 0) is 12.0 Å². The van der Waals surface area contributed by atoms with E-state index < -0.39 is 5.97 Å². The summed E-state index contributed by atoms with van der Waals surface area (Å²) >= 11 is 0. The van der Waals surface area contributed by atoms with Crippen LogP contribution in [0.3, 0.4) is 0 Å². The van der Waals surface area contributed by atoms with Gasteiger partial charge in [-0.25, -0.2) is 0 Å². The van der Waals surface area contributed by atoms with Crippen molar-refractivity contribution >= 4 is 5.97 Å². The van der Waals surface area contributed by atoms with Crippen LogP contribution in [0.15, 0.2) is 30.3 Å². The van der Waals surface area contributed by atoms with E-state index in [-0.39, 0.29) is 22.4 Å². The number of carboxylic acids is 1. The molecule has 0 saturated carbocycles. The Morgan fingerprint density at radius 2 is 1.92 bits per heavy atom. The summed E-state index contributed by atoms with van der Waals surface area (Å²) < 4.78 is 0. The van der Waals surface area contributed by atoms with Crippen molar-refractivity contribution in [3.8, 4) is 0 Å². The quantitative estimate of drug-likeness (QED) is 0.797. The first kappa shape index (κ1) is 12.2. The van der Waals surface area contributed by atoms with Gasteiger partial charge in [0.2, 0.25) is 0 Å². The van der Waals surface area contributed by atoms with E-state index in [0.29, 0.717) is 6.42 Å². The van der Waals surface area contributed by atoms with Crippen molar-refractivity contribution in [2.24, 2.45) is 0 Å². The molecule has 0 heterocycles. The van der Waals surface area contributed by atoms with Crippen LogP contribution in [0.1, 0.15) is 24.8 Å². The fourth-order valence-electron chi connectivity index (χ4n) is 1.24. The molecule has 0 aliphatic heterocycles. The Labute approximate surface area is 87.9 Å². The van der Waals surface area contributed by atoms with Gasteiger partial charge >= 0.3 is 5.97 Å². The van der Waals surface area contributed by atoms with Crippen LogP contribution in [-0.4, -0.2) is 11.1 Å². The minimum absolute atomic E-state index is 0. The van der Waals surface area contributed by atoms with Gasteiger partial charge in [0.15, 0.2) is 0 Å². The molecule has 3 heteroatoms. The second kappa shape index (κ2) is 5.77. The number of aliphatic carboxylic acids is 1. The van der Waals surface area contributed by atoms with Gasteiger partial charge < -0.3 is 5.11 Å². The third-order valence-electron chi connectivity index (χ3n) is 1.91. The Morgan fingerprint density at radius 1 is 1.38 bits per heavy atom. The molecule has 0 spiro atoms. The van der Waals surface area contributed by atoms with Crippen molar-refractivity contribution in [1.29, 1.82) is 0 Å². The summed E-state index contributed by atoms with van der Waals surface area (Å²) in [5.74, 6) is -1.10. The van der Waals surface area contributed by atoms with Gasteiger partial charge in [0.05, 0.1) is 5.92 Å². The molecule has 1 unspecified atom stereocenters. The molecule has 0 amide bonds. The van der Waals surface area contributed by atoms with Crippen LogP contribution in [0.4, 0.5) is 0 Å². The minimum Gasteiger partial charge on any atom is -0.481 e. The van der Waals surface area contributed by atoms with Crippen LogP contribution in [0, 0.1) is 0 Å². The average molecular weight is 223 g/mol. The van der Waals surface area contributed by atoms with Gasteiger partial charge in [0.25, 0.3) is 0 Å². The number of benzene rings is 1. The van der Waals surface area contributed by atoms with Crippen molar-refractivity contribution < 1.29 is 26.4 Å². The van der Waals surface area contributed by atoms with Crippen LogP contribution in [0.5, 0.6) is 0 Å². The molecule has 13 heavy (non-hydrogen) atoms. The molecule has 2 nitrogen and oxygen atoms in total. The van der Waals surface area contributed by atoms with Crippen molar-refractivity contribution in [2.45, 2.75) is 19.3 Å². The predicted molar refractivity (Wildman–Crippen MR) is 47.1 cm³/mol. The zero-order valence-corrected chi connectivity index (χ0v) is 8.33. The summed E-state index contributed by atoms with van der Waals surface area (Å²) in [5.41, 5.74) is 0.882. The molecule has 1 aromatic carbocycles. The predicted octanol–water partition coefficient (Wildman–Crippen LogP) is 2.26. The molecule has 1 rings (SSSR count). The topological polar surface area (TPSA) is 37.3 Å². The molecule has 0 aliphatic rings. The smallest absolute Gasteiger partial charge is 0.310 e. The van der Waals surface area contributed by atoms with Crippen LogP contribution in [-0.2, 0) is 21.3 Å². The number of carbonyl (C=O) groups is 1. The van der Waals surface area contributed by atoms with Gasteiger partial charge in [0.1, 0.15) is 0 Å². The maximum atomic E-state index is 10.7. The van der Waals surface area contributed by atoms with Crippen LogP contribution < -0.4 is 0 Å². The SMILES string of the molecule is CCC(C(=O)O)c1ccccc1.[Ni]. The third-order valence-corrected chi connectivity index (χ3v) is 1.91. The van der Waals surface area contributed by atoms with Gasteiger partial charge in [-0.15, -0.1) is 0 Å². The maximum Gasteiger partial charge on any atom is 0.310 e. The van der Waals surface area contributed by atoms with Gasteiger partial charge in [-0.3, -0.25) is 4.79 Å². The Kier molecular flexibility index (Phi) is 5.40. The molecule has 1 atom stereocenters.